The van der Waals surface area contributed by atoms with Gasteiger partial charge in [-0.25, -0.2) is 4.98 Å². The molecule has 35 heavy (non-hydrogen) atoms. The van der Waals surface area contributed by atoms with Crippen LogP contribution in [0.25, 0.3) is 22.2 Å². The number of benzene rings is 3. The number of H-pyrrole nitrogens is 1. The quantitative estimate of drug-likeness (QED) is 0.393. The molecule has 0 saturated carbocycles. The van der Waals surface area contributed by atoms with Crippen LogP contribution in [0.1, 0.15) is 32.9 Å². The van der Waals surface area contributed by atoms with E-state index in [-0.39, 0.29) is 11.5 Å². The molecule has 0 atom stereocenters. The first kappa shape index (κ1) is 23.0. The molecule has 1 aromatic heterocycles. The molecule has 3 aromatic carbocycles. The highest BCUT2D eigenvalue weighted by molar-refractivity contribution is 5.95. The van der Waals surface area contributed by atoms with Crippen LogP contribution in [-0.2, 0) is 13.0 Å². The van der Waals surface area contributed by atoms with Gasteiger partial charge in [0.2, 0.25) is 0 Å². The zero-order chi connectivity index (χ0) is 24.7. The molecule has 0 bridgehead atoms. The van der Waals surface area contributed by atoms with Gasteiger partial charge in [-0.05, 0) is 66.4 Å². The van der Waals surface area contributed by atoms with Crippen LogP contribution in [0.2, 0.25) is 0 Å². The SMILES string of the molecule is Cc1nc2ccc(-c3ccc4c(c3)CN(C(=O)c3ccc(CC(F)(F)F)cc3C)CCO4)cc2[nH]1. The Hall–Kier alpha value is -3.81. The standard InChI is InChI=1S/C27H24F3N3O2/c1-16-11-18(14-27(28,29)30)3-6-22(16)26(34)33-9-10-35-25-8-5-19(12-21(25)15-33)20-4-7-23-24(13-20)32-17(2)31-23/h3-8,11-13H,9-10,14-15H2,1-2H3,(H,31,32). The fraction of sp³-hybridized carbons (Fsp3) is 0.259. The monoisotopic (exact) mass is 479 g/mol. The van der Waals surface area contributed by atoms with Crippen LogP contribution in [0.5, 0.6) is 5.75 Å². The minimum Gasteiger partial charge on any atom is -0.491 e. The Morgan fingerprint density at radius 3 is 2.60 bits per heavy atom. The third kappa shape index (κ3) is 4.87. The number of carbonyl (C=O) groups is 1. The summed E-state index contributed by atoms with van der Waals surface area (Å²) in [4.78, 5) is 22.7. The molecule has 1 N–H and O–H groups in total. The van der Waals surface area contributed by atoms with Crippen LogP contribution in [0.15, 0.2) is 54.6 Å². The van der Waals surface area contributed by atoms with Gasteiger partial charge in [0.1, 0.15) is 18.2 Å². The highest BCUT2D eigenvalue weighted by atomic mass is 19.4. The third-order valence-electron chi connectivity index (χ3n) is 6.19. The lowest BCUT2D eigenvalue weighted by Gasteiger charge is -2.21. The highest BCUT2D eigenvalue weighted by Crippen LogP contribution is 2.31. The molecule has 2 heterocycles. The number of hydrogen-bond donors (Lipinski definition) is 1. The first-order valence-corrected chi connectivity index (χ1v) is 11.3. The summed E-state index contributed by atoms with van der Waals surface area (Å²) >= 11 is 0. The zero-order valence-electron chi connectivity index (χ0n) is 19.4. The Kier molecular flexibility index (Phi) is 5.75. The van der Waals surface area contributed by atoms with Gasteiger partial charge in [-0.15, -0.1) is 0 Å². The van der Waals surface area contributed by atoms with Gasteiger partial charge in [-0.2, -0.15) is 13.2 Å². The number of alkyl halides is 3. The number of halogens is 3. The Labute approximate surface area is 200 Å². The predicted octanol–water partition coefficient (Wildman–Crippen LogP) is 5.99. The number of nitrogens with one attached hydrogen (secondary N) is 1. The van der Waals surface area contributed by atoms with E-state index in [0.29, 0.717) is 30.8 Å². The van der Waals surface area contributed by atoms with Crippen molar-refractivity contribution in [2.24, 2.45) is 0 Å². The Bertz CT molecular complexity index is 1430. The summed E-state index contributed by atoms with van der Waals surface area (Å²) in [5.74, 6) is 1.35. The number of aryl methyl sites for hydroxylation is 2. The summed E-state index contributed by atoms with van der Waals surface area (Å²) in [6.45, 7) is 4.64. The molecular weight excluding hydrogens is 455 g/mol. The van der Waals surface area contributed by atoms with E-state index in [1.54, 1.807) is 11.8 Å². The van der Waals surface area contributed by atoms with Crippen LogP contribution in [-0.4, -0.2) is 40.1 Å². The maximum atomic E-state index is 13.3. The number of imidazole rings is 1. The van der Waals surface area contributed by atoms with Crippen molar-refractivity contribution in [1.82, 2.24) is 14.9 Å². The van der Waals surface area contributed by atoms with E-state index in [1.807, 2.05) is 43.3 Å². The van der Waals surface area contributed by atoms with Gasteiger partial charge in [0.15, 0.2) is 0 Å². The molecule has 0 spiro atoms. The van der Waals surface area contributed by atoms with Gasteiger partial charge < -0.3 is 14.6 Å². The Morgan fingerprint density at radius 2 is 1.83 bits per heavy atom. The second-order valence-corrected chi connectivity index (χ2v) is 8.89. The Morgan fingerprint density at radius 1 is 1.06 bits per heavy atom. The number of fused-ring (bicyclic) bond motifs is 2. The second kappa shape index (κ2) is 8.76. The van der Waals surface area contributed by atoms with Crippen LogP contribution >= 0.6 is 0 Å². The number of rotatable bonds is 3. The molecule has 0 saturated heterocycles. The number of aromatic amines is 1. The summed E-state index contributed by atoms with van der Waals surface area (Å²) in [5.41, 5.74) is 5.80. The van der Waals surface area contributed by atoms with E-state index >= 15 is 0 Å². The molecule has 5 rings (SSSR count). The number of nitrogens with zero attached hydrogens (tertiary/aromatic N) is 2. The minimum atomic E-state index is -4.29. The summed E-state index contributed by atoms with van der Waals surface area (Å²) in [6.07, 6.45) is -5.30. The topological polar surface area (TPSA) is 58.2 Å². The van der Waals surface area contributed by atoms with Gasteiger partial charge in [0.05, 0.1) is 24.0 Å². The molecule has 0 aliphatic carbocycles. The van der Waals surface area contributed by atoms with E-state index in [9.17, 15) is 18.0 Å². The number of aromatic nitrogens is 2. The molecule has 1 aliphatic heterocycles. The van der Waals surface area contributed by atoms with Crippen molar-refractivity contribution in [3.8, 4) is 16.9 Å². The molecular formula is C27H24F3N3O2. The van der Waals surface area contributed by atoms with Crippen molar-refractivity contribution in [2.75, 3.05) is 13.2 Å². The van der Waals surface area contributed by atoms with Crippen LogP contribution < -0.4 is 4.74 Å². The van der Waals surface area contributed by atoms with Crippen molar-refractivity contribution < 1.29 is 22.7 Å². The molecule has 1 aliphatic rings. The molecule has 4 aromatic rings. The van der Waals surface area contributed by atoms with Crippen molar-refractivity contribution >= 4 is 16.9 Å². The minimum absolute atomic E-state index is 0.144. The fourth-order valence-electron chi connectivity index (χ4n) is 4.54. The van der Waals surface area contributed by atoms with Gasteiger partial charge >= 0.3 is 6.18 Å². The number of ether oxygens (including phenoxy) is 1. The lowest BCUT2D eigenvalue weighted by atomic mass is 10.0. The normalized spacial score (nSPS) is 13.9. The fourth-order valence-corrected chi connectivity index (χ4v) is 4.54. The largest absolute Gasteiger partial charge is 0.491 e. The van der Waals surface area contributed by atoms with Gasteiger partial charge in [-0.3, -0.25) is 4.79 Å². The number of amides is 1. The predicted molar refractivity (Wildman–Crippen MR) is 127 cm³/mol. The van der Waals surface area contributed by atoms with Crippen LogP contribution in [0.4, 0.5) is 13.2 Å². The lowest BCUT2D eigenvalue weighted by molar-refractivity contribution is -0.127. The molecule has 1 amide bonds. The average Bonchev–Trinajstić information content (AvgIpc) is 3.03. The van der Waals surface area contributed by atoms with Crippen molar-refractivity contribution in [1.29, 1.82) is 0 Å². The van der Waals surface area contributed by atoms with Gasteiger partial charge in [0, 0.05) is 17.7 Å². The molecule has 8 heteroatoms. The smallest absolute Gasteiger partial charge is 0.393 e. The van der Waals surface area contributed by atoms with E-state index in [2.05, 4.69) is 9.97 Å². The van der Waals surface area contributed by atoms with Gasteiger partial charge in [0.25, 0.3) is 5.91 Å². The van der Waals surface area contributed by atoms with Crippen LogP contribution in [0.3, 0.4) is 0 Å². The summed E-state index contributed by atoms with van der Waals surface area (Å²) < 4.78 is 44.1. The first-order valence-electron chi connectivity index (χ1n) is 11.3. The summed E-state index contributed by atoms with van der Waals surface area (Å²) in [7, 11) is 0. The number of hydrogen-bond acceptors (Lipinski definition) is 3. The highest BCUT2D eigenvalue weighted by Gasteiger charge is 2.28. The van der Waals surface area contributed by atoms with Crippen molar-refractivity contribution in [2.45, 2.75) is 33.0 Å². The first-order chi connectivity index (χ1) is 16.7. The van der Waals surface area contributed by atoms with E-state index < -0.39 is 12.6 Å². The maximum Gasteiger partial charge on any atom is 0.393 e. The molecule has 5 nitrogen and oxygen atoms in total. The number of carbonyl (C=O) groups excluding carboxylic acids is 1. The van der Waals surface area contributed by atoms with Crippen LogP contribution in [0, 0.1) is 13.8 Å². The molecule has 180 valence electrons. The zero-order valence-corrected chi connectivity index (χ0v) is 19.4. The maximum absolute atomic E-state index is 13.3. The van der Waals surface area contributed by atoms with Crippen molar-refractivity contribution in [3.63, 3.8) is 0 Å². The summed E-state index contributed by atoms with van der Waals surface area (Å²) in [6, 6.07) is 16.3. The Balaban J connectivity index is 1.41. The van der Waals surface area contributed by atoms with E-state index in [4.69, 9.17) is 4.74 Å². The lowest BCUT2D eigenvalue weighted by Crippen LogP contribution is -2.33. The third-order valence-corrected chi connectivity index (χ3v) is 6.19. The second-order valence-electron chi connectivity index (χ2n) is 8.89. The average molecular weight is 480 g/mol. The van der Waals surface area contributed by atoms with E-state index in [0.717, 1.165) is 39.3 Å². The van der Waals surface area contributed by atoms with Crippen molar-refractivity contribution in [3.05, 3.63) is 82.7 Å². The van der Waals surface area contributed by atoms with Gasteiger partial charge in [-0.1, -0.05) is 24.3 Å². The molecule has 0 unspecified atom stereocenters. The van der Waals surface area contributed by atoms with E-state index in [1.165, 1.54) is 18.2 Å². The molecule has 0 radical (unpaired) electrons. The molecule has 0 fully saturated rings. The summed E-state index contributed by atoms with van der Waals surface area (Å²) in [5, 5.41) is 0.